The molecule has 0 aliphatic carbocycles. The molecule has 0 aliphatic rings. The Balaban J connectivity index is 2.37. The lowest BCUT2D eigenvalue weighted by Gasteiger charge is -2.09. The van der Waals surface area contributed by atoms with Gasteiger partial charge in [0.2, 0.25) is 0 Å². The number of benzene rings is 1. The van der Waals surface area contributed by atoms with Crippen LogP contribution in [0.2, 0.25) is 0 Å². The Kier molecular flexibility index (Phi) is 3.30. The molecule has 0 saturated carbocycles. The zero-order valence-electron chi connectivity index (χ0n) is 8.76. The predicted molar refractivity (Wildman–Crippen MR) is 66.6 cm³/mol. The van der Waals surface area contributed by atoms with Gasteiger partial charge in [0, 0.05) is 6.20 Å². The predicted octanol–water partition coefficient (Wildman–Crippen LogP) is 2.65. The summed E-state index contributed by atoms with van der Waals surface area (Å²) in [6, 6.07) is 7.71. The topological polar surface area (TPSA) is 48.1 Å². The fourth-order valence-corrected chi connectivity index (χ4v) is 1.48. The summed E-state index contributed by atoms with van der Waals surface area (Å²) in [5.41, 5.74) is 6.06. The summed E-state index contributed by atoms with van der Waals surface area (Å²) in [4.78, 5) is 4.07. The molecule has 1 heterocycles. The van der Waals surface area contributed by atoms with Gasteiger partial charge in [0.05, 0.1) is 11.8 Å². The third kappa shape index (κ3) is 2.57. The Bertz CT molecular complexity index is 560. The molecule has 2 N–H and O–H groups in total. The number of nitrogens with two attached hydrogens (primary N) is 1. The van der Waals surface area contributed by atoms with E-state index in [0.717, 1.165) is 0 Å². The second-order valence-corrected chi connectivity index (χ2v) is 3.71. The summed E-state index contributed by atoms with van der Waals surface area (Å²) in [6.07, 6.45) is 2.99. The van der Waals surface area contributed by atoms with Crippen molar-refractivity contribution in [3.05, 3.63) is 54.1 Å². The van der Waals surface area contributed by atoms with Crippen LogP contribution in [0.15, 0.2) is 42.7 Å². The number of hydrogen-bond acceptors (Lipinski definition) is 3. The molecule has 0 unspecified atom stereocenters. The van der Waals surface area contributed by atoms with E-state index in [4.69, 9.17) is 22.7 Å². The highest BCUT2D eigenvalue weighted by molar-refractivity contribution is 7.80. The molecule has 0 bridgehead atoms. The Labute approximate surface area is 103 Å². The Morgan fingerprint density at radius 2 is 2.00 bits per heavy atom. The van der Waals surface area contributed by atoms with Gasteiger partial charge >= 0.3 is 0 Å². The fraction of sp³-hybridized carbons (Fsp3) is 0. The van der Waals surface area contributed by atoms with Gasteiger partial charge in [-0.3, -0.25) is 4.98 Å². The van der Waals surface area contributed by atoms with Gasteiger partial charge in [-0.15, -0.1) is 0 Å². The lowest BCUT2D eigenvalue weighted by atomic mass is 10.2. The van der Waals surface area contributed by atoms with Gasteiger partial charge < -0.3 is 10.5 Å². The lowest BCUT2D eigenvalue weighted by Crippen LogP contribution is -2.11. The van der Waals surface area contributed by atoms with Crippen molar-refractivity contribution >= 4 is 17.2 Å². The fourth-order valence-electron chi connectivity index (χ4n) is 1.31. The van der Waals surface area contributed by atoms with E-state index in [1.54, 1.807) is 24.4 Å². The largest absolute Gasteiger partial charge is 0.452 e. The van der Waals surface area contributed by atoms with E-state index in [1.807, 2.05) is 0 Å². The maximum Gasteiger partial charge on any atom is 0.165 e. The first-order valence-corrected chi connectivity index (χ1v) is 5.25. The minimum absolute atomic E-state index is 0.109. The van der Waals surface area contributed by atoms with Crippen LogP contribution in [0.5, 0.6) is 11.5 Å². The first kappa shape index (κ1) is 11.5. The number of halogens is 1. The highest BCUT2D eigenvalue weighted by Crippen LogP contribution is 2.26. The number of aromatic nitrogens is 1. The SMILES string of the molecule is NC(=S)c1ccncc1Oc1ccccc1F. The maximum atomic E-state index is 13.4. The molecule has 0 amide bonds. The molecular weight excluding hydrogens is 239 g/mol. The van der Waals surface area contributed by atoms with E-state index in [9.17, 15) is 4.39 Å². The molecule has 0 atom stereocenters. The molecule has 0 aliphatic heterocycles. The van der Waals surface area contributed by atoms with Crippen molar-refractivity contribution in [2.45, 2.75) is 0 Å². The summed E-state index contributed by atoms with van der Waals surface area (Å²) in [6.45, 7) is 0. The molecule has 0 radical (unpaired) electrons. The molecule has 86 valence electrons. The number of thiocarbonyl (C=S) groups is 1. The van der Waals surface area contributed by atoms with Crippen molar-refractivity contribution in [1.29, 1.82) is 0 Å². The minimum atomic E-state index is -0.453. The second-order valence-electron chi connectivity index (χ2n) is 3.27. The molecule has 3 nitrogen and oxygen atoms in total. The van der Waals surface area contributed by atoms with Crippen LogP contribution in [0.4, 0.5) is 4.39 Å². The van der Waals surface area contributed by atoms with Gasteiger partial charge in [-0.25, -0.2) is 4.39 Å². The highest BCUT2D eigenvalue weighted by Gasteiger charge is 2.09. The van der Waals surface area contributed by atoms with Crippen molar-refractivity contribution in [1.82, 2.24) is 4.98 Å². The zero-order chi connectivity index (χ0) is 12.3. The van der Waals surface area contributed by atoms with E-state index in [0.29, 0.717) is 11.3 Å². The molecule has 17 heavy (non-hydrogen) atoms. The van der Waals surface area contributed by atoms with Crippen molar-refractivity contribution in [2.75, 3.05) is 0 Å². The second kappa shape index (κ2) is 4.88. The number of ether oxygens (including phenoxy) is 1. The third-order valence-electron chi connectivity index (χ3n) is 2.11. The van der Waals surface area contributed by atoms with Gasteiger partial charge in [-0.1, -0.05) is 24.4 Å². The molecule has 0 spiro atoms. The smallest absolute Gasteiger partial charge is 0.165 e. The van der Waals surface area contributed by atoms with Gasteiger partial charge in [-0.05, 0) is 18.2 Å². The average Bonchev–Trinajstić information content (AvgIpc) is 2.32. The standard InChI is InChI=1S/C12H9FN2OS/c13-9-3-1-2-4-10(9)16-11-7-15-6-5-8(11)12(14)17/h1-7H,(H2,14,17). The number of rotatable bonds is 3. The Morgan fingerprint density at radius 3 is 2.71 bits per heavy atom. The molecule has 2 aromatic rings. The van der Waals surface area contributed by atoms with Crippen LogP contribution in [0.1, 0.15) is 5.56 Å². The number of nitrogens with zero attached hydrogens (tertiary/aromatic N) is 1. The van der Waals surface area contributed by atoms with E-state index in [2.05, 4.69) is 4.98 Å². The van der Waals surface area contributed by atoms with E-state index >= 15 is 0 Å². The van der Waals surface area contributed by atoms with E-state index in [-0.39, 0.29) is 10.7 Å². The van der Waals surface area contributed by atoms with E-state index in [1.165, 1.54) is 18.3 Å². The van der Waals surface area contributed by atoms with Crippen molar-refractivity contribution in [3.8, 4) is 11.5 Å². The Hall–Kier alpha value is -2.01. The summed E-state index contributed by atoms with van der Waals surface area (Å²) < 4.78 is 18.8. The van der Waals surface area contributed by atoms with Crippen LogP contribution in [0.25, 0.3) is 0 Å². The molecule has 2 rings (SSSR count). The van der Waals surface area contributed by atoms with Gasteiger partial charge in [0.15, 0.2) is 17.3 Å². The number of pyridine rings is 1. The summed E-state index contributed by atoms with van der Waals surface area (Å²) in [5, 5.41) is 0. The average molecular weight is 248 g/mol. The summed E-state index contributed by atoms with van der Waals surface area (Å²) in [7, 11) is 0. The van der Waals surface area contributed by atoms with Gasteiger partial charge in [-0.2, -0.15) is 0 Å². The lowest BCUT2D eigenvalue weighted by molar-refractivity contribution is 0.440. The highest BCUT2D eigenvalue weighted by atomic mass is 32.1. The third-order valence-corrected chi connectivity index (χ3v) is 2.33. The maximum absolute atomic E-state index is 13.4. The molecular formula is C12H9FN2OS. The molecule has 5 heteroatoms. The quantitative estimate of drug-likeness (QED) is 0.848. The first-order chi connectivity index (χ1) is 8.18. The van der Waals surface area contributed by atoms with Gasteiger partial charge in [0.1, 0.15) is 4.99 Å². The number of hydrogen-bond donors (Lipinski definition) is 1. The van der Waals surface area contributed by atoms with E-state index < -0.39 is 5.82 Å². The summed E-state index contributed by atoms with van der Waals surface area (Å²) in [5.74, 6) is -0.00616. The van der Waals surface area contributed by atoms with Crippen LogP contribution in [-0.2, 0) is 0 Å². The normalized spacial score (nSPS) is 9.94. The van der Waals surface area contributed by atoms with Crippen LogP contribution in [0, 0.1) is 5.82 Å². The van der Waals surface area contributed by atoms with Crippen LogP contribution in [0.3, 0.4) is 0 Å². The monoisotopic (exact) mass is 248 g/mol. The Morgan fingerprint density at radius 1 is 1.24 bits per heavy atom. The minimum Gasteiger partial charge on any atom is -0.452 e. The van der Waals surface area contributed by atoms with Crippen molar-refractivity contribution < 1.29 is 9.13 Å². The van der Waals surface area contributed by atoms with Crippen LogP contribution < -0.4 is 10.5 Å². The molecule has 0 fully saturated rings. The first-order valence-electron chi connectivity index (χ1n) is 4.84. The van der Waals surface area contributed by atoms with Crippen molar-refractivity contribution in [2.24, 2.45) is 5.73 Å². The molecule has 0 saturated heterocycles. The number of para-hydroxylation sites is 1. The van der Waals surface area contributed by atoms with Crippen LogP contribution >= 0.6 is 12.2 Å². The molecule has 1 aromatic carbocycles. The molecule has 1 aromatic heterocycles. The summed E-state index contributed by atoms with van der Waals surface area (Å²) >= 11 is 4.87. The zero-order valence-corrected chi connectivity index (χ0v) is 9.58. The van der Waals surface area contributed by atoms with Crippen LogP contribution in [-0.4, -0.2) is 9.97 Å². The van der Waals surface area contributed by atoms with Crippen molar-refractivity contribution in [3.63, 3.8) is 0 Å². The van der Waals surface area contributed by atoms with Gasteiger partial charge in [0.25, 0.3) is 0 Å².